The second kappa shape index (κ2) is 6.97. The van der Waals surface area contributed by atoms with E-state index in [0.717, 1.165) is 12.1 Å². The molecule has 1 N–H and O–H groups in total. The first-order valence-corrected chi connectivity index (χ1v) is 8.01. The summed E-state index contributed by atoms with van der Waals surface area (Å²) in [6.45, 7) is 5.08. The Morgan fingerprint density at radius 2 is 2.29 bits per heavy atom. The molecule has 0 fully saturated rings. The van der Waals surface area contributed by atoms with Crippen molar-refractivity contribution in [2.45, 2.75) is 20.4 Å². The van der Waals surface area contributed by atoms with E-state index < -0.39 is 0 Å². The van der Waals surface area contributed by atoms with Crippen molar-refractivity contribution in [1.82, 2.24) is 9.78 Å². The monoisotopic (exact) mass is 347 g/mol. The van der Waals surface area contributed by atoms with Gasteiger partial charge in [0.15, 0.2) is 11.5 Å². The first-order chi connectivity index (χ1) is 11.5. The fourth-order valence-electron chi connectivity index (χ4n) is 2.35. The van der Waals surface area contributed by atoms with Crippen LogP contribution in [0.4, 0.5) is 5.82 Å². The van der Waals surface area contributed by atoms with Gasteiger partial charge in [0.2, 0.25) is 12.7 Å². The molecule has 0 aliphatic carbocycles. The molecule has 3 rings (SSSR count). The maximum absolute atomic E-state index is 12.1. The maximum atomic E-state index is 12.1. The second-order valence-electron chi connectivity index (χ2n) is 5.85. The molecule has 1 aromatic carbocycles. The molecule has 0 saturated heterocycles. The molecule has 1 amide bonds. The highest BCUT2D eigenvalue weighted by Crippen LogP contribution is 2.40. The van der Waals surface area contributed by atoms with Crippen LogP contribution in [0.25, 0.3) is 6.08 Å². The summed E-state index contributed by atoms with van der Waals surface area (Å²) >= 11 is 6.12. The van der Waals surface area contributed by atoms with Gasteiger partial charge in [-0.25, -0.2) is 4.68 Å². The van der Waals surface area contributed by atoms with Gasteiger partial charge in [0.25, 0.3) is 0 Å². The summed E-state index contributed by atoms with van der Waals surface area (Å²) in [6.07, 6.45) is 4.78. The first-order valence-electron chi connectivity index (χ1n) is 7.63. The maximum Gasteiger partial charge on any atom is 0.249 e. The topological polar surface area (TPSA) is 65.4 Å². The van der Waals surface area contributed by atoms with Gasteiger partial charge in [-0.3, -0.25) is 4.79 Å². The lowest BCUT2D eigenvalue weighted by Gasteiger charge is -2.09. The summed E-state index contributed by atoms with van der Waals surface area (Å²) in [5, 5.41) is 7.49. The van der Waals surface area contributed by atoms with E-state index in [9.17, 15) is 4.79 Å². The number of halogens is 1. The van der Waals surface area contributed by atoms with E-state index in [1.165, 1.54) is 6.08 Å². The third kappa shape index (κ3) is 3.71. The van der Waals surface area contributed by atoms with Crippen LogP contribution < -0.4 is 14.8 Å². The minimum Gasteiger partial charge on any atom is -0.454 e. The minimum atomic E-state index is -0.241. The number of amides is 1. The van der Waals surface area contributed by atoms with Crippen molar-refractivity contribution >= 4 is 29.4 Å². The van der Waals surface area contributed by atoms with Crippen molar-refractivity contribution < 1.29 is 14.3 Å². The third-order valence-electron chi connectivity index (χ3n) is 3.38. The number of hydrogen-bond donors (Lipinski definition) is 1. The lowest BCUT2D eigenvalue weighted by atomic mass is 10.2. The van der Waals surface area contributed by atoms with Crippen LogP contribution in [0.3, 0.4) is 0 Å². The van der Waals surface area contributed by atoms with Crippen LogP contribution >= 0.6 is 11.6 Å². The van der Waals surface area contributed by atoms with Crippen molar-refractivity contribution in [2.75, 3.05) is 12.1 Å². The average Bonchev–Trinajstić information content (AvgIpc) is 3.15. The van der Waals surface area contributed by atoms with Gasteiger partial charge >= 0.3 is 0 Å². The van der Waals surface area contributed by atoms with E-state index in [4.69, 9.17) is 21.1 Å². The van der Waals surface area contributed by atoms with Gasteiger partial charge in [0.1, 0.15) is 5.82 Å². The summed E-state index contributed by atoms with van der Waals surface area (Å²) in [5.74, 6) is 1.98. The fourth-order valence-corrected chi connectivity index (χ4v) is 2.63. The summed E-state index contributed by atoms with van der Waals surface area (Å²) in [4.78, 5) is 12.1. The number of fused-ring (bicyclic) bond motifs is 1. The SMILES string of the molecule is CC(C)Cn1nccc1NC(=O)/C=C/c1cc(Cl)c2c(c1)OCO2. The lowest BCUT2D eigenvalue weighted by Crippen LogP contribution is -2.15. The Morgan fingerprint density at radius 1 is 1.46 bits per heavy atom. The van der Waals surface area contributed by atoms with Gasteiger partial charge in [0, 0.05) is 18.7 Å². The molecule has 1 aliphatic heterocycles. The van der Waals surface area contributed by atoms with Gasteiger partial charge in [0.05, 0.1) is 11.2 Å². The van der Waals surface area contributed by atoms with Crippen LogP contribution in [0.5, 0.6) is 11.5 Å². The summed E-state index contributed by atoms with van der Waals surface area (Å²) < 4.78 is 12.3. The molecule has 7 heteroatoms. The molecular weight excluding hydrogens is 330 g/mol. The molecule has 0 saturated carbocycles. The molecule has 1 aromatic heterocycles. The van der Waals surface area contributed by atoms with E-state index >= 15 is 0 Å². The number of carbonyl (C=O) groups excluding carboxylic acids is 1. The summed E-state index contributed by atoms with van der Waals surface area (Å²) in [7, 11) is 0. The molecule has 1 aliphatic rings. The van der Waals surface area contributed by atoms with Crippen LogP contribution in [0.2, 0.25) is 5.02 Å². The smallest absolute Gasteiger partial charge is 0.249 e. The molecular formula is C17H18ClN3O3. The van der Waals surface area contributed by atoms with Crippen molar-refractivity contribution in [3.63, 3.8) is 0 Å². The highest BCUT2D eigenvalue weighted by atomic mass is 35.5. The van der Waals surface area contributed by atoms with Gasteiger partial charge in [-0.05, 0) is 29.7 Å². The average molecular weight is 348 g/mol. The number of nitrogens with zero attached hydrogens (tertiary/aromatic N) is 2. The lowest BCUT2D eigenvalue weighted by molar-refractivity contribution is -0.111. The number of carbonyl (C=O) groups is 1. The number of ether oxygens (including phenoxy) is 2. The van der Waals surface area contributed by atoms with Crippen LogP contribution in [0, 0.1) is 5.92 Å². The fraction of sp³-hybridized carbons (Fsp3) is 0.294. The standard InChI is InChI=1S/C17H18ClN3O3/c1-11(2)9-21-15(5-6-19-21)20-16(22)4-3-12-7-13(18)17-14(8-12)23-10-24-17/h3-8,11H,9-10H2,1-2H3,(H,20,22)/b4-3+. The molecule has 126 valence electrons. The number of benzene rings is 1. The van der Waals surface area contributed by atoms with Crippen molar-refractivity contribution in [2.24, 2.45) is 5.92 Å². The molecule has 0 bridgehead atoms. The molecule has 24 heavy (non-hydrogen) atoms. The molecule has 0 atom stereocenters. The Labute approximate surface area is 145 Å². The van der Waals surface area contributed by atoms with E-state index in [2.05, 4.69) is 24.3 Å². The molecule has 6 nitrogen and oxygen atoms in total. The predicted octanol–water partition coefficient (Wildman–Crippen LogP) is 3.57. The number of aromatic nitrogens is 2. The minimum absolute atomic E-state index is 0.155. The highest BCUT2D eigenvalue weighted by Gasteiger charge is 2.17. The number of anilines is 1. The Balaban J connectivity index is 1.68. The van der Waals surface area contributed by atoms with Crippen LogP contribution in [-0.2, 0) is 11.3 Å². The van der Waals surface area contributed by atoms with Gasteiger partial charge < -0.3 is 14.8 Å². The van der Waals surface area contributed by atoms with E-state index in [0.29, 0.717) is 28.3 Å². The van der Waals surface area contributed by atoms with Crippen molar-refractivity contribution in [3.05, 3.63) is 41.1 Å². The first kappa shape index (κ1) is 16.4. The Kier molecular flexibility index (Phi) is 4.76. The second-order valence-corrected chi connectivity index (χ2v) is 6.26. The zero-order chi connectivity index (χ0) is 17.1. The van der Waals surface area contributed by atoms with Crippen molar-refractivity contribution in [3.8, 4) is 11.5 Å². The molecule has 0 spiro atoms. The van der Waals surface area contributed by atoms with E-state index in [1.54, 1.807) is 35.2 Å². The number of hydrogen-bond acceptors (Lipinski definition) is 4. The molecule has 0 unspecified atom stereocenters. The van der Waals surface area contributed by atoms with E-state index in [-0.39, 0.29) is 12.7 Å². The van der Waals surface area contributed by atoms with Crippen LogP contribution in [0.15, 0.2) is 30.5 Å². The van der Waals surface area contributed by atoms with Crippen molar-refractivity contribution in [1.29, 1.82) is 0 Å². The molecule has 2 aromatic rings. The Hall–Kier alpha value is -2.47. The molecule has 2 heterocycles. The number of rotatable bonds is 5. The van der Waals surface area contributed by atoms with Gasteiger partial charge in [-0.1, -0.05) is 25.4 Å². The van der Waals surface area contributed by atoms with Crippen LogP contribution in [0.1, 0.15) is 19.4 Å². The highest BCUT2D eigenvalue weighted by molar-refractivity contribution is 6.32. The predicted molar refractivity (Wildman–Crippen MR) is 92.3 cm³/mol. The van der Waals surface area contributed by atoms with E-state index in [1.807, 2.05) is 0 Å². The zero-order valence-corrected chi connectivity index (χ0v) is 14.2. The van der Waals surface area contributed by atoms with Gasteiger partial charge in [-0.2, -0.15) is 5.10 Å². The number of nitrogens with one attached hydrogen (secondary N) is 1. The summed E-state index contributed by atoms with van der Waals surface area (Å²) in [5.41, 5.74) is 0.759. The Morgan fingerprint density at radius 3 is 3.08 bits per heavy atom. The van der Waals surface area contributed by atoms with Crippen LogP contribution in [-0.4, -0.2) is 22.5 Å². The van der Waals surface area contributed by atoms with Gasteiger partial charge in [-0.15, -0.1) is 0 Å². The normalized spacial score (nSPS) is 13.0. The largest absolute Gasteiger partial charge is 0.454 e. The molecule has 0 radical (unpaired) electrons. The third-order valence-corrected chi connectivity index (χ3v) is 3.66. The quantitative estimate of drug-likeness (QED) is 0.840. The summed E-state index contributed by atoms with van der Waals surface area (Å²) in [6, 6.07) is 5.27. The zero-order valence-electron chi connectivity index (χ0n) is 13.5. The Bertz CT molecular complexity index is 783.